The molecule has 0 atom stereocenters. The molecule has 2 aromatic heterocycles. The molecule has 4 rings (SSSR count). The number of aliphatic carboxylic acids is 1. The summed E-state index contributed by atoms with van der Waals surface area (Å²) in [6, 6.07) is 7.49. The third-order valence-corrected chi connectivity index (χ3v) is 9.93. The van der Waals surface area contributed by atoms with Crippen molar-refractivity contribution in [3.05, 3.63) is 52.3 Å². The van der Waals surface area contributed by atoms with E-state index in [4.69, 9.17) is 9.84 Å². The molecule has 37 heavy (non-hydrogen) atoms. The summed E-state index contributed by atoms with van der Waals surface area (Å²) < 4.78 is 34.3. The van der Waals surface area contributed by atoms with Gasteiger partial charge in [-0.15, -0.1) is 11.3 Å². The predicted octanol–water partition coefficient (Wildman–Crippen LogP) is 3.44. The van der Waals surface area contributed by atoms with E-state index in [-0.39, 0.29) is 22.4 Å². The van der Waals surface area contributed by atoms with Gasteiger partial charge in [0.1, 0.15) is 0 Å². The van der Waals surface area contributed by atoms with Crippen molar-refractivity contribution in [3.63, 3.8) is 0 Å². The van der Waals surface area contributed by atoms with E-state index in [2.05, 4.69) is 26.2 Å². The van der Waals surface area contributed by atoms with Crippen LogP contribution in [-0.4, -0.2) is 75.9 Å². The van der Waals surface area contributed by atoms with Crippen molar-refractivity contribution in [1.29, 1.82) is 0 Å². The van der Waals surface area contributed by atoms with Crippen LogP contribution in [0.1, 0.15) is 22.5 Å². The van der Waals surface area contributed by atoms with Crippen molar-refractivity contribution in [2.45, 2.75) is 25.4 Å². The average molecular weight is 614 g/mol. The van der Waals surface area contributed by atoms with E-state index in [0.717, 1.165) is 22.6 Å². The number of halogens is 1. The molecule has 1 aromatic carbocycles. The lowest BCUT2D eigenvalue weighted by Crippen LogP contribution is -2.43. The highest BCUT2D eigenvalue weighted by atomic mass is 79.9. The van der Waals surface area contributed by atoms with Crippen molar-refractivity contribution in [2.24, 2.45) is 0 Å². The van der Waals surface area contributed by atoms with Gasteiger partial charge in [0.05, 0.1) is 21.4 Å². The summed E-state index contributed by atoms with van der Waals surface area (Å²) in [6.45, 7) is 0.547. The van der Waals surface area contributed by atoms with Crippen LogP contribution in [0.4, 0.5) is 5.69 Å². The lowest BCUT2D eigenvalue weighted by molar-refractivity contribution is -0.139. The zero-order valence-electron chi connectivity index (χ0n) is 19.5. The first-order valence-corrected chi connectivity index (χ1v) is 14.6. The number of sulfonamides is 1. The average Bonchev–Trinajstić information content (AvgIpc) is 3.50. The molecule has 1 fully saturated rings. The number of benzene rings is 1. The fraction of sp³-hybridized carbons (Fsp3) is 0.348. The number of aryl methyl sites for hydroxylation is 1. The maximum atomic E-state index is 12.7. The number of anilines is 1. The zero-order valence-corrected chi connectivity index (χ0v) is 22.8. The molecular weight excluding hydrogens is 588 g/mol. The SMILES string of the molecule is O=C(O)COc1c(C(=O)O)sc(-c2cccc(NC3CCN(S(=O)(=O)CCn4ccnc4)CC3)c2)c1Br. The molecule has 1 aliphatic heterocycles. The smallest absolute Gasteiger partial charge is 0.349 e. The second-order valence-corrected chi connectivity index (χ2v) is 12.3. The van der Waals surface area contributed by atoms with Crippen molar-refractivity contribution in [3.8, 4) is 16.2 Å². The summed E-state index contributed by atoms with van der Waals surface area (Å²) >= 11 is 4.36. The molecule has 0 spiro atoms. The number of aromatic nitrogens is 2. The van der Waals surface area contributed by atoms with Gasteiger partial charge in [0, 0.05) is 43.8 Å². The normalized spacial score (nSPS) is 14.9. The molecule has 1 aliphatic rings. The number of aromatic carboxylic acids is 1. The van der Waals surface area contributed by atoms with Crippen LogP contribution in [0.3, 0.4) is 0 Å². The number of piperidine rings is 1. The molecule has 1 saturated heterocycles. The quantitative estimate of drug-likeness (QED) is 0.296. The van der Waals surface area contributed by atoms with Crippen LogP contribution < -0.4 is 10.1 Å². The standard InChI is InChI=1S/C23H25BrN4O7S2/c24-19-20(35-13-18(29)30)22(23(31)32)36-21(19)15-2-1-3-17(12-15)26-16-4-7-28(8-5-16)37(33,34)11-10-27-9-6-25-14-27/h1-3,6,9,12,14,16,26H,4-5,7-8,10-11,13H2,(H,29,30)(H,31,32). The lowest BCUT2D eigenvalue weighted by atomic mass is 10.1. The number of nitrogens with one attached hydrogen (secondary N) is 1. The third kappa shape index (κ3) is 6.69. The lowest BCUT2D eigenvalue weighted by Gasteiger charge is -2.32. The van der Waals surface area contributed by atoms with Crippen LogP contribution in [0.5, 0.6) is 5.75 Å². The van der Waals surface area contributed by atoms with Crippen molar-refractivity contribution in [2.75, 3.05) is 30.8 Å². The first kappa shape index (κ1) is 27.1. The number of nitrogens with zero attached hydrogens (tertiary/aromatic N) is 3. The summed E-state index contributed by atoms with van der Waals surface area (Å²) in [6.07, 6.45) is 6.25. The molecule has 198 valence electrons. The van der Waals surface area contributed by atoms with Gasteiger partial charge in [-0.1, -0.05) is 12.1 Å². The van der Waals surface area contributed by atoms with Gasteiger partial charge in [0.25, 0.3) is 0 Å². The maximum absolute atomic E-state index is 12.7. The number of thiophene rings is 1. The van der Waals surface area contributed by atoms with Crippen molar-refractivity contribution in [1.82, 2.24) is 13.9 Å². The van der Waals surface area contributed by atoms with E-state index < -0.39 is 28.6 Å². The molecule has 0 aliphatic carbocycles. The van der Waals surface area contributed by atoms with E-state index in [9.17, 15) is 23.1 Å². The third-order valence-electron chi connectivity index (χ3n) is 5.85. The minimum atomic E-state index is -3.37. The minimum Gasteiger partial charge on any atom is -0.479 e. The van der Waals surface area contributed by atoms with Gasteiger partial charge in [-0.2, -0.15) is 0 Å². The summed E-state index contributed by atoms with van der Waals surface area (Å²) in [5, 5.41) is 21.9. The Morgan fingerprint density at radius 1 is 1.24 bits per heavy atom. The van der Waals surface area contributed by atoms with Gasteiger partial charge in [-0.25, -0.2) is 27.3 Å². The van der Waals surface area contributed by atoms with E-state index in [1.54, 1.807) is 23.3 Å². The van der Waals surface area contributed by atoms with Crippen LogP contribution in [-0.2, 0) is 21.4 Å². The first-order chi connectivity index (χ1) is 17.6. The Morgan fingerprint density at radius 2 is 2.00 bits per heavy atom. The molecule has 0 radical (unpaired) electrons. The number of hydrogen-bond donors (Lipinski definition) is 3. The number of hydrogen-bond acceptors (Lipinski definition) is 8. The van der Waals surface area contributed by atoms with Crippen LogP contribution in [0, 0.1) is 0 Å². The van der Waals surface area contributed by atoms with Gasteiger partial charge in [-0.3, -0.25) is 0 Å². The maximum Gasteiger partial charge on any atom is 0.349 e. The molecule has 14 heteroatoms. The fourth-order valence-electron chi connectivity index (χ4n) is 4.02. The largest absolute Gasteiger partial charge is 0.479 e. The predicted molar refractivity (Wildman–Crippen MR) is 142 cm³/mol. The van der Waals surface area contributed by atoms with Gasteiger partial charge < -0.3 is 24.8 Å². The Morgan fingerprint density at radius 3 is 2.65 bits per heavy atom. The topological polar surface area (TPSA) is 151 Å². The number of ether oxygens (including phenoxy) is 1. The highest BCUT2D eigenvalue weighted by Gasteiger charge is 2.28. The van der Waals surface area contributed by atoms with Gasteiger partial charge in [0.15, 0.2) is 17.2 Å². The number of carboxylic acids is 2. The number of rotatable bonds is 11. The molecule has 3 heterocycles. The van der Waals surface area contributed by atoms with E-state index in [1.165, 1.54) is 4.31 Å². The summed E-state index contributed by atoms with van der Waals surface area (Å²) in [5.74, 6) is -2.41. The summed E-state index contributed by atoms with van der Waals surface area (Å²) in [5.41, 5.74) is 1.54. The molecule has 3 aromatic rings. The Hall–Kier alpha value is -2.94. The van der Waals surface area contributed by atoms with Crippen molar-refractivity contribution >= 4 is 54.9 Å². The second-order valence-electron chi connectivity index (χ2n) is 8.41. The Bertz CT molecular complexity index is 1370. The summed E-state index contributed by atoms with van der Waals surface area (Å²) in [4.78, 5) is 27.0. The molecule has 3 N–H and O–H groups in total. The van der Waals surface area contributed by atoms with Crippen LogP contribution in [0.15, 0.2) is 47.5 Å². The fourth-order valence-corrected chi connectivity index (χ4v) is 7.37. The van der Waals surface area contributed by atoms with Gasteiger partial charge in [-0.05, 0) is 46.5 Å². The Kier molecular flexibility index (Phi) is 8.52. The second kappa shape index (κ2) is 11.6. The molecule has 0 amide bonds. The van der Waals surface area contributed by atoms with E-state index >= 15 is 0 Å². The minimum absolute atomic E-state index is 0.0186. The summed E-state index contributed by atoms with van der Waals surface area (Å²) in [7, 11) is -3.37. The first-order valence-electron chi connectivity index (χ1n) is 11.3. The highest BCUT2D eigenvalue weighted by Crippen LogP contribution is 2.46. The molecule has 0 unspecified atom stereocenters. The number of imidazole rings is 1. The molecule has 0 bridgehead atoms. The monoisotopic (exact) mass is 612 g/mol. The van der Waals surface area contributed by atoms with E-state index in [0.29, 0.717) is 41.8 Å². The number of carboxylic acid groups (broad SMARTS) is 2. The zero-order chi connectivity index (χ0) is 26.6. The number of carbonyl (C=O) groups is 2. The molecular formula is C23H25BrN4O7S2. The van der Waals surface area contributed by atoms with E-state index in [1.807, 2.05) is 24.3 Å². The van der Waals surface area contributed by atoms with Crippen molar-refractivity contribution < 1.29 is 33.0 Å². The van der Waals surface area contributed by atoms with Crippen LogP contribution in [0.2, 0.25) is 0 Å². The molecule has 0 saturated carbocycles. The van der Waals surface area contributed by atoms with Gasteiger partial charge in [0.2, 0.25) is 10.0 Å². The van der Waals surface area contributed by atoms with Gasteiger partial charge >= 0.3 is 11.9 Å². The van der Waals surface area contributed by atoms with Crippen LogP contribution in [0.25, 0.3) is 10.4 Å². The highest BCUT2D eigenvalue weighted by molar-refractivity contribution is 9.10. The Balaban J connectivity index is 1.40. The van der Waals surface area contributed by atoms with Crippen LogP contribution >= 0.6 is 27.3 Å². The molecule has 11 nitrogen and oxygen atoms in total. The Labute approximate surface area is 225 Å².